The quantitative estimate of drug-likeness (QED) is 0.702. The second kappa shape index (κ2) is 6.07. The molecule has 0 atom stereocenters. The molecule has 0 unspecified atom stereocenters. The number of halogens is 4. The van der Waals surface area contributed by atoms with E-state index < -0.39 is 17.6 Å². The van der Waals surface area contributed by atoms with Crippen LogP contribution in [-0.4, -0.2) is 15.3 Å². The molecule has 0 fully saturated rings. The van der Waals surface area contributed by atoms with Gasteiger partial charge in [-0.15, -0.1) is 0 Å². The fourth-order valence-electron chi connectivity index (χ4n) is 2.63. The van der Waals surface area contributed by atoms with Gasteiger partial charge in [0.25, 0.3) is 5.91 Å². The Morgan fingerprint density at radius 2 is 1.96 bits per heavy atom. The predicted molar refractivity (Wildman–Crippen MR) is 89.1 cm³/mol. The molecule has 25 heavy (non-hydrogen) atoms. The second-order valence-corrected chi connectivity index (χ2v) is 6.01. The standard InChI is InChI=1S/C17H13ClF3N3O/c1-9-4-3-7-24-14(10(2)22-15(9)24)16(25)23-13-6-5-11(18)8-12(13)17(19,20)21/h3-8H,1-2H3,(H,23,25). The van der Waals surface area contributed by atoms with Gasteiger partial charge in [0.05, 0.1) is 16.9 Å². The minimum atomic E-state index is -4.64. The number of nitrogens with one attached hydrogen (secondary N) is 1. The van der Waals surface area contributed by atoms with Crippen molar-refractivity contribution in [3.05, 3.63) is 64.1 Å². The monoisotopic (exact) mass is 367 g/mol. The number of hydrogen-bond donors (Lipinski definition) is 1. The van der Waals surface area contributed by atoms with Crippen molar-refractivity contribution in [2.24, 2.45) is 0 Å². The average molecular weight is 368 g/mol. The molecule has 0 aliphatic carbocycles. The fourth-order valence-corrected chi connectivity index (χ4v) is 2.80. The van der Waals surface area contributed by atoms with E-state index >= 15 is 0 Å². The molecule has 0 aliphatic heterocycles. The fraction of sp³-hybridized carbons (Fsp3) is 0.176. The summed E-state index contributed by atoms with van der Waals surface area (Å²) >= 11 is 5.65. The van der Waals surface area contributed by atoms with Crippen LogP contribution >= 0.6 is 11.6 Å². The molecule has 130 valence electrons. The summed E-state index contributed by atoms with van der Waals surface area (Å²) in [6.07, 6.45) is -3.00. The molecule has 0 saturated carbocycles. The van der Waals surface area contributed by atoms with Crippen LogP contribution in [-0.2, 0) is 6.18 Å². The minimum absolute atomic E-state index is 0.0630. The number of carbonyl (C=O) groups is 1. The largest absolute Gasteiger partial charge is 0.418 e. The number of fused-ring (bicyclic) bond motifs is 1. The van der Waals surface area contributed by atoms with Crippen molar-refractivity contribution in [1.82, 2.24) is 9.38 Å². The Labute approximate surface area is 146 Å². The van der Waals surface area contributed by atoms with Gasteiger partial charge in [0.15, 0.2) is 0 Å². The van der Waals surface area contributed by atoms with Crippen molar-refractivity contribution >= 4 is 28.8 Å². The van der Waals surface area contributed by atoms with E-state index in [1.165, 1.54) is 6.07 Å². The number of anilines is 1. The zero-order valence-electron chi connectivity index (χ0n) is 13.3. The Morgan fingerprint density at radius 3 is 2.64 bits per heavy atom. The molecule has 0 saturated heterocycles. The summed E-state index contributed by atoms with van der Waals surface area (Å²) < 4.78 is 41.1. The van der Waals surface area contributed by atoms with Gasteiger partial charge in [0.2, 0.25) is 0 Å². The van der Waals surface area contributed by atoms with Crippen LogP contribution in [0.15, 0.2) is 36.5 Å². The SMILES string of the molecule is Cc1nc2c(C)cccn2c1C(=O)Nc1ccc(Cl)cc1C(F)(F)F. The first-order valence-corrected chi connectivity index (χ1v) is 7.68. The highest BCUT2D eigenvalue weighted by molar-refractivity contribution is 6.30. The highest BCUT2D eigenvalue weighted by Gasteiger charge is 2.34. The van der Waals surface area contributed by atoms with Gasteiger partial charge < -0.3 is 5.32 Å². The molecule has 1 N–H and O–H groups in total. The molecule has 0 bridgehead atoms. The number of benzene rings is 1. The first-order valence-electron chi connectivity index (χ1n) is 7.31. The topological polar surface area (TPSA) is 46.4 Å². The molecule has 3 aromatic rings. The third kappa shape index (κ3) is 3.19. The molecular formula is C17H13ClF3N3O. The molecule has 0 radical (unpaired) electrons. The van der Waals surface area contributed by atoms with Crippen molar-refractivity contribution in [3.8, 4) is 0 Å². The lowest BCUT2D eigenvalue weighted by molar-refractivity contribution is -0.136. The number of carbonyl (C=O) groups excluding carboxylic acids is 1. The molecule has 4 nitrogen and oxygen atoms in total. The Bertz CT molecular complexity index is 979. The van der Waals surface area contributed by atoms with Gasteiger partial charge in [-0.1, -0.05) is 17.7 Å². The van der Waals surface area contributed by atoms with Crippen LogP contribution in [0.1, 0.15) is 27.3 Å². The zero-order valence-corrected chi connectivity index (χ0v) is 14.0. The summed E-state index contributed by atoms with van der Waals surface area (Å²) in [6.45, 7) is 3.47. The van der Waals surface area contributed by atoms with Gasteiger partial charge in [-0.05, 0) is 43.7 Å². The summed E-state index contributed by atoms with van der Waals surface area (Å²) in [5, 5.41) is 2.26. The molecule has 8 heteroatoms. The van der Waals surface area contributed by atoms with Crippen LogP contribution in [0.5, 0.6) is 0 Å². The number of pyridine rings is 1. The molecule has 2 heterocycles. The summed E-state index contributed by atoms with van der Waals surface area (Å²) in [6, 6.07) is 6.78. The van der Waals surface area contributed by atoms with Gasteiger partial charge >= 0.3 is 6.18 Å². The van der Waals surface area contributed by atoms with E-state index in [0.29, 0.717) is 11.3 Å². The molecule has 1 aromatic carbocycles. The van der Waals surface area contributed by atoms with Crippen LogP contribution in [0.3, 0.4) is 0 Å². The second-order valence-electron chi connectivity index (χ2n) is 5.57. The number of aryl methyl sites for hydroxylation is 2. The van der Waals surface area contributed by atoms with Gasteiger partial charge in [0.1, 0.15) is 11.3 Å². The lowest BCUT2D eigenvalue weighted by Gasteiger charge is -2.14. The van der Waals surface area contributed by atoms with Crippen LogP contribution in [0.25, 0.3) is 5.65 Å². The normalized spacial score (nSPS) is 11.8. The van der Waals surface area contributed by atoms with Crippen molar-refractivity contribution < 1.29 is 18.0 Å². The van der Waals surface area contributed by atoms with E-state index in [9.17, 15) is 18.0 Å². The van der Waals surface area contributed by atoms with Crippen LogP contribution in [0.4, 0.5) is 18.9 Å². The average Bonchev–Trinajstić information content (AvgIpc) is 2.85. The van der Waals surface area contributed by atoms with Gasteiger partial charge in [0, 0.05) is 11.2 Å². The third-order valence-electron chi connectivity index (χ3n) is 3.77. The van der Waals surface area contributed by atoms with E-state index in [2.05, 4.69) is 10.3 Å². The van der Waals surface area contributed by atoms with Gasteiger partial charge in [-0.2, -0.15) is 13.2 Å². The summed E-state index contributed by atoms with van der Waals surface area (Å²) in [7, 11) is 0. The first-order chi connectivity index (χ1) is 11.7. The van der Waals surface area contributed by atoms with Crippen LogP contribution < -0.4 is 5.32 Å². The number of nitrogens with zero attached hydrogens (tertiary/aromatic N) is 2. The van der Waals surface area contributed by atoms with Gasteiger partial charge in [-0.25, -0.2) is 4.98 Å². The summed E-state index contributed by atoms with van der Waals surface area (Å²) in [5.74, 6) is -0.677. The Kier molecular flexibility index (Phi) is 4.20. The molecule has 3 rings (SSSR count). The highest BCUT2D eigenvalue weighted by Crippen LogP contribution is 2.36. The zero-order chi connectivity index (χ0) is 18.4. The maximum atomic E-state index is 13.2. The Morgan fingerprint density at radius 1 is 1.24 bits per heavy atom. The summed E-state index contributed by atoms with van der Waals surface area (Å²) in [4.78, 5) is 16.9. The summed E-state index contributed by atoms with van der Waals surface area (Å²) in [5.41, 5.74) is 0.681. The Hall–Kier alpha value is -2.54. The number of alkyl halides is 3. The maximum absolute atomic E-state index is 13.2. The van der Waals surface area contributed by atoms with E-state index in [1.807, 2.05) is 13.0 Å². The van der Waals surface area contributed by atoms with E-state index in [-0.39, 0.29) is 16.4 Å². The molecule has 0 aliphatic rings. The minimum Gasteiger partial charge on any atom is -0.320 e. The van der Waals surface area contributed by atoms with Crippen molar-refractivity contribution in [2.75, 3.05) is 5.32 Å². The predicted octanol–water partition coefficient (Wildman–Crippen LogP) is 4.88. The highest BCUT2D eigenvalue weighted by atomic mass is 35.5. The molecular weight excluding hydrogens is 355 g/mol. The Balaban J connectivity index is 2.05. The van der Waals surface area contributed by atoms with E-state index in [4.69, 9.17) is 11.6 Å². The van der Waals surface area contributed by atoms with Crippen molar-refractivity contribution in [2.45, 2.75) is 20.0 Å². The third-order valence-corrected chi connectivity index (χ3v) is 4.00. The van der Waals surface area contributed by atoms with E-state index in [0.717, 1.165) is 17.7 Å². The number of imidazole rings is 1. The first kappa shape index (κ1) is 17.3. The number of hydrogen-bond acceptors (Lipinski definition) is 2. The molecule has 0 spiro atoms. The lowest BCUT2D eigenvalue weighted by atomic mass is 10.1. The molecule has 1 amide bonds. The van der Waals surface area contributed by atoms with E-state index in [1.54, 1.807) is 23.6 Å². The van der Waals surface area contributed by atoms with Crippen molar-refractivity contribution in [1.29, 1.82) is 0 Å². The van der Waals surface area contributed by atoms with Crippen molar-refractivity contribution in [3.63, 3.8) is 0 Å². The maximum Gasteiger partial charge on any atom is 0.418 e. The smallest absolute Gasteiger partial charge is 0.320 e. The molecule has 2 aromatic heterocycles. The number of rotatable bonds is 2. The number of amides is 1. The van der Waals surface area contributed by atoms with Crippen LogP contribution in [0, 0.1) is 13.8 Å². The number of aromatic nitrogens is 2. The van der Waals surface area contributed by atoms with Gasteiger partial charge in [-0.3, -0.25) is 9.20 Å². The lowest BCUT2D eigenvalue weighted by Crippen LogP contribution is -2.19. The van der Waals surface area contributed by atoms with Crippen LogP contribution in [0.2, 0.25) is 5.02 Å².